The van der Waals surface area contributed by atoms with Gasteiger partial charge in [-0.25, -0.2) is 0 Å². The zero-order chi connectivity index (χ0) is 8.23. The Morgan fingerprint density at radius 2 is 1.33 bits per heavy atom. The molecular weight excluding hydrogens is 148 g/mol. The number of fused-ring (bicyclic) bond motifs is 1. The van der Waals surface area contributed by atoms with Gasteiger partial charge in [0.15, 0.2) is 0 Å². The topological polar surface area (TPSA) is 24.1 Å². The van der Waals surface area contributed by atoms with Crippen LogP contribution < -0.4 is 10.6 Å². The summed E-state index contributed by atoms with van der Waals surface area (Å²) in [6.45, 7) is 4.56. The minimum Gasteiger partial charge on any atom is -0.314 e. The standard InChI is InChI=1S/C6H4.C4H10N2/c1-2-5-4-6(5)3-1;1-2-6-4-3-5-1/h1-4H;5-6H,1-4H2. The van der Waals surface area contributed by atoms with E-state index < -0.39 is 0 Å². The van der Waals surface area contributed by atoms with Crippen molar-refractivity contribution in [3.05, 3.63) is 24.3 Å². The van der Waals surface area contributed by atoms with E-state index in [2.05, 4.69) is 34.9 Å². The first kappa shape index (κ1) is 7.77. The Morgan fingerprint density at radius 1 is 0.833 bits per heavy atom. The second kappa shape index (κ2) is 3.70. The van der Waals surface area contributed by atoms with E-state index in [-0.39, 0.29) is 0 Å². The van der Waals surface area contributed by atoms with Crippen molar-refractivity contribution in [3.63, 3.8) is 0 Å². The molecule has 12 heavy (non-hydrogen) atoms. The fraction of sp³-hybridized carbons (Fsp3) is 0.400. The van der Waals surface area contributed by atoms with Crippen molar-refractivity contribution in [1.82, 2.24) is 10.6 Å². The Hall–Kier alpha value is -0.860. The molecule has 0 aromatic heterocycles. The molecule has 0 spiro atoms. The third-order valence-corrected chi connectivity index (χ3v) is 2.07. The second-order valence-corrected chi connectivity index (χ2v) is 3.08. The number of rotatable bonds is 0. The summed E-state index contributed by atoms with van der Waals surface area (Å²) in [6.07, 6.45) is 0. The largest absolute Gasteiger partial charge is 0.314 e. The molecule has 64 valence electrons. The quantitative estimate of drug-likeness (QED) is 0.600. The maximum atomic E-state index is 3.22. The highest BCUT2D eigenvalue weighted by Crippen LogP contribution is 2.32. The number of nitrogens with one attached hydrogen (secondary N) is 2. The van der Waals surface area contributed by atoms with Crippen molar-refractivity contribution in [3.8, 4) is 11.1 Å². The number of hydrogen-bond donors (Lipinski definition) is 2. The van der Waals surface area contributed by atoms with Crippen LogP contribution in [0.3, 0.4) is 0 Å². The Balaban J connectivity index is 0.0000000939. The van der Waals surface area contributed by atoms with Gasteiger partial charge in [-0.2, -0.15) is 0 Å². The molecule has 0 unspecified atom stereocenters. The predicted molar refractivity (Wildman–Crippen MR) is 51.2 cm³/mol. The Kier molecular flexibility index (Phi) is 2.39. The van der Waals surface area contributed by atoms with Gasteiger partial charge >= 0.3 is 0 Å². The van der Waals surface area contributed by atoms with E-state index in [1.807, 2.05) is 0 Å². The molecule has 1 fully saturated rings. The lowest BCUT2D eigenvalue weighted by molar-refractivity contribution is 0.534. The monoisotopic (exact) mass is 162 g/mol. The first-order chi connectivity index (χ1) is 5.97. The molecule has 0 aromatic rings. The van der Waals surface area contributed by atoms with Gasteiger partial charge in [0.2, 0.25) is 0 Å². The lowest BCUT2D eigenvalue weighted by Gasteiger charge is -2.11. The third-order valence-electron chi connectivity index (χ3n) is 2.07. The van der Waals surface area contributed by atoms with Crippen LogP contribution >= 0.6 is 0 Å². The van der Waals surface area contributed by atoms with E-state index in [0.29, 0.717) is 0 Å². The fourth-order valence-electron chi connectivity index (χ4n) is 1.28. The van der Waals surface area contributed by atoms with Crippen LogP contribution in [0.15, 0.2) is 24.3 Å². The first-order valence-corrected chi connectivity index (χ1v) is 4.49. The maximum Gasteiger partial charge on any atom is 0.00772 e. The maximum absolute atomic E-state index is 3.22. The van der Waals surface area contributed by atoms with Gasteiger partial charge in [-0.3, -0.25) is 0 Å². The zero-order valence-corrected chi connectivity index (χ0v) is 7.14. The van der Waals surface area contributed by atoms with Gasteiger partial charge in [0, 0.05) is 26.2 Å². The zero-order valence-electron chi connectivity index (χ0n) is 7.14. The van der Waals surface area contributed by atoms with E-state index in [4.69, 9.17) is 0 Å². The molecule has 1 heterocycles. The number of hydrogen-bond acceptors (Lipinski definition) is 2. The summed E-state index contributed by atoms with van der Waals surface area (Å²) >= 11 is 0. The second-order valence-electron chi connectivity index (χ2n) is 3.08. The molecule has 3 aliphatic rings. The molecule has 2 N–H and O–H groups in total. The summed E-state index contributed by atoms with van der Waals surface area (Å²) in [5, 5.41) is 6.44. The van der Waals surface area contributed by atoms with Crippen LogP contribution in [0.2, 0.25) is 0 Å². The van der Waals surface area contributed by atoms with E-state index in [0.717, 1.165) is 26.2 Å². The normalized spacial score (nSPS) is 17.7. The number of piperazine rings is 1. The Morgan fingerprint density at radius 3 is 1.50 bits per heavy atom. The van der Waals surface area contributed by atoms with E-state index >= 15 is 0 Å². The average Bonchev–Trinajstić information content (AvgIpc) is 2.78. The van der Waals surface area contributed by atoms with Crippen molar-refractivity contribution < 1.29 is 0 Å². The van der Waals surface area contributed by atoms with Crippen molar-refractivity contribution in [2.45, 2.75) is 0 Å². The molecule has 0 aromatic carbocycles. The van der Waals surface area contributed by atoms with Gasteiger partial charge in [0.25, 0.3) is 0 Å². The lowest BCUT2D eigenvalue weighted by Crippen LogP contribution is -2.39. The van der Waals surface area contributed by atoms with Gasteiger partial charge in [0.05, 0.1) is 0 Å². The van der Waals surface area contributed by atoms with E-state index in [1.165, 1.54) is 11.1 Å². The van der Waals surface area contributed by atoms with Crippen molar-refractivity contribution in [1.29, 1.82) is 0 Å². The van der Waals surface area contributed by atoms with Crippen LogP contribution in [0.1, 0.15) is 0 Å². The molecule has 2 heteroatoms. The highest BCUT2D eigenvalue weighted by molar-refractivity contribution is 5.80. The van der Waals surface area contributed by atoms with E-state index in [9.17, 15) is 0 Å². The number of benzene rings is 1. The summed E-state index contributed by atoms with van der Waals surface area (Å²) in [5.41, 5.74) is 2.85. The van der Waals surface area contributed by atoms with Crippen LogP contribution in [-0.2, 0) is 0 Å². The van der Waals surface area contributed by atoms with Crippen molar-refractivity contribution >= 4 is 0 Å². The molecule has 0 saturated carbocycles. The average molecular weight is 162 g/mol. The van der Waals surface area contributed by atoms with E-state index in [1.54, 1.807) is 0 Å². The van der Waals surface area contributed by atoms with Gasteiger partial charge in [-0.15, -0.1) is 0 Å². The van der Waals surface area contributed by atoms with Gasteiger partial charge in [-0.1, -0.05) is 18.2 Å². The lowest BCUT2D eigenvalue weighted by atomic mass is 10.4. The van der Waals surface area contributed by atoms with Gasteiger partial charge in [-0.05, 0) is 17.2 Å². The highest BCUT2D eigenvalue weighted by Gasteiger charge is 2.06. The first-order valence-electron chi connectivity index (χ1n) is 4.49. The molecule has 0 bridgehead atoms. The predicted octanol–water partition coefficient (Wildman–Crippen LogP) is 0.846. The molecule has 2 nitrogen and oxygen atoms in total. The third kappa shape index (κ3) is 2.06. The smallest absolute Gasteiger partial charge is 0.00772 e. The molecular formula is C10H14N2. The van der Waals surface area contributed by atoms with Gasteiger partial charge in [0.1, 0.15) is 0 Å². The van der Waals surface area contributed by atoms with Crippen LogP contribution in [-0.4, -0.2) is 26.2 Å². The van der Waals surface area contributed by atoms with Crippen LogP contribution in [0.4, 0.5) is 0 Å². The SMILES string of the molecule is C1CNCCN1.c1cc2cc-2c1. The molecule has 2 aliphatic carbocycles. The summed E-state index contributed by atoms with van der Waals surface area (Å²) < 4.78 is 0. The minimum atomic E-state index is 1.14. The Bertz CT molecular complexity index is 225. The van der Waals surface area contributed by atoms with Crippen molar-refractivity contribution in [2.75, 3.05) is 26.2 Å². The summed E-state index contributed by atoms with van der Waals surface area (Å²) in [4.78, 5) is 0. The van der Waals surface area contributed by atoms with Crippen LogP contribution in [0, 0.1) is 0 Å². The molecule has 3 rings (SSSR count). The molecule has 0 amide bonds. The van der Waals surface area contributed by atoms with Crippen LogP contribution in [0.25, 0.3) is 11.1 Å². The molecule has 0 radical (unpaired) electrons. The molecule has 1 saturated heterocycles. The summed E-state index contributed by atoms with van der Waals surface area (Å²) in [7, 11) is 0. The van der Waals surface area contributed by atoms with Gasteiger partial charge < -0.3 is 10.6 Å². The molecule has 0 atom stereocenters. The van der Waals surface area contributed by atoms with Crippen LogP contribution in [0.5, 0.6) is 0 Å². The fourth-order valence-corrected chi connectivity index (χ4v) is 1.28. The molecule has 1 aliphatic heterocycles. The van der Waals surface area contributed by atoms with Crippen molar-refractivity contribution in [2.24, 2.45) is 0 Å². The Labute approximate surface area is 73.0 Å². The summed E-state index contributed by atoms with van der Waals surface area (Å²) in [5.74, 6) is 0. The summed E-state index contributed by atoms with van der Waals surface area (Å²) in [6, 6.07) is 8.48. The highest BCUT2D eigenvalue weighted by atomic mass is 15.0. The minimum absolute atomic E-state index is 1.14.